The number of hydrogen-bond acceptors (Lipinski definition) is 5. The number of rotatable bonds is 8. The molecule has 7 nitrogen and oxygen atoms in total. The van der Waals surface area contributed by atoms with Gasteiger partial charge < -0.3 is 15.4 Å². The third kappa shape index (κ3) is 7.21. The van der Waals surface area contributed by atoms with Crippen LogP contribution in [0.3, 0.4) is 0 Å². The molecular weight excluding hydrogens is 380 g/mol. The van der Waals surface area contributed by atoms with Gasteiger partial charge >= 0.3 is 6.09 Å². The van der Waals surface area contributed by atoms with Gasteiger partial charge in [-0.15, -0.1) is 0 Å². The highest BCUT2D eigenvalue weighted by molar-refractivity contribution is 7.90. The summed E-state index contributed by atoms with van der Waals surface area (Å²) >= 11 is 6.02. The highest BCUT2D eigenvalue weighted by atomic mass is 35.5. The van der Waals surface area contributed by atoms with E-state index >= 15 is 0 Å². The van der Waals surface area contributed by atoms with Crippen LogP contribution in [0.2, 0.25) is 5.02 Å². The van der Waals surface area contributed by atoms with E-state index < -0.39 is 21.8 Å². The van der Waals surface area contributed by atoms with Gasteiger partial charge in [-0.2, -0.15) is 0 Å². The van der Waals surface area contributed by atoms with Crippen LogP contribution in [-0.4, -0.2) is 45.9 Å². The first-order valence-corrected chi connectivity index (χ1v) is 10.5. The van der Waals surface area contributed by atoms with E-state index in [-0.39, 0.29) is 40.6 Å². The molecule has 1 aromatic rings. The molecule has 1 rings (SSSR count). The Balaban J connectivity index is 2.86. The molecule has 0 spiro atoms. The van der Waals surface area contributed by atoms with Crippen LogP contribution in [0.25, 0.3) is 0 Å². The molecule has 2 N–H and O–H groups in total. The van der Waals surface area contributed by atoms with E-state index in [0.717, 1.165) is 6.26 Å². The van der Waals surface area contributed by atoms with Crippen molar-refractivity contribution in [3.05, 3.63) is 28.8 Å². The predicted octanol–water partition coefficient (Wildman–Crippen LogP) is 2.63. The molecule has 9 heteroatoms. The third-order valence-electron chi connectivity index (χ3n) is 3.47. The SMILES string of the molecule is CCOC(=O)NC(CNC(=O)c1cc(S(C)(=O)=O)ccc1Cl)CC(C)C. The summed E-state index contributed by atoms with van der Waals surface area (Å²) in [5, 5.41) is 5.53. The van der Waals surface area contributed by atoms with E-state index in [1.807, 2.05) is 13.8 Å². The smallest absolute Gasteiger partial charge is 0.407 e. The van der Waals surface area contributed by atoms with Crippen LogP contribution >= 0.6 is 11.6 Å². The lowest BCUT2D eigenvalue weighted by molar-refractivity contribution is 0.0944. The van der Waals surface area contributed by atoms with Gasteiger partial charge in [0.1, 0.15) is 0 Å². The molecule has 0 saturated carbocycles. The Bertz CT molecular complexity index is 750. The van der Waals surface area contributed by atoms with Gasteiger partial charge in [0.25, 0.3) is 5.91 Å². The van der Waals surface area contributed by atoms with Gasteiger partial charge in [-0.05, 0) is 37.5 Å². The van der Waals surface area contributed by atoms with E-state index in [1.165, 1.54) is 18.2 Å². The van der Waals surface area contributed by atoms with Crippen molar-refractivity contribution in [1.29, 1.82) is 0 Å². The maximum absolute atomic E-state index is 12.4. The maximum atomic E-state index is 12.4. The fourth-order valence-electron chi connectivity index (χ4n) is 2.32. The number of halogens is 1. The number of alkyl carbamates (subject to hydrolysis) is 1. The van der Waals surface area contributed by atoms with Crippen LogP contribution in [0.15, 0.2) is 23.1 Å². The van der Waals surface area contributed by atoms with Crippen LogP contribution in [-0.2, 0) is 14.6 Å². The van der Waals surface area contributed by atoms with Crippen molar-refractivity contribution in [2.45, 2.75) is 38.1 Å². The zero-order chi connectivity index (χ0) is 19.9. The number of carbonyl (C=O) groups excluding carboxylic acids is 2. The quantitative estimate of drug-likeness (QED) is 0.693. The topological polar surface area (TPSA) is 102 Å². The van der Waals surface area contributed by atoms with Crippen molar-refractivity contribution in [3.63, 3.8) is 0 Å². The lowest BCUT2D eigenvalue weighted by atomic mass is 10.0. The van der Waals surface area contributed by atoms with Crippen LogP contribution in [0.4, 0.5) is 4.79 Å². The van der Waals surface area contributed by atoms with Crippen molar-refractivity contribution in [1.82, 2.24) is 10.6 Å². The number of amides is 2. The largest absolute Gasteiger partial charge is 0.450 e. The molecule has 26 heavy (non-hydrogen) atoms. The second-order valence-corrected chi connectivity index (χ2v) is 8.74. The van der Waals surface area contributed by atoms with E-state index in [4.69, 9.17) is 16.3 Å². The van der Waals surface area contributed by atoms with Crippen molar-refractivity contribution >= 4 is 33.4 Å². The molecule has 0 bridgehead atoms. The number of carbonyl (C=O) groups is 2. The summed E-state index contributed by atoms with van der Waals surface area (Å²) in [5.41, 5.74) is 0.0639. The zero-order valence-electron chi connectivity index (χ0n) is 15.3. The Hall–Kier alpha value is -1.80. The van der Waals surface area contributed by atoms with E-state index in [9.17, 15) is 18.0 Å². The summed E-state index contributed by atoms with van der Waals surface area (Å²) < 4.78 is 28.2. The molecule has 2 amide bonds. The highest BCUT2D eigenvalue weighted by Gasteiger charge is 2.19. The van der Waals surface area contributed by atoms with Crippen molar-refractivity contribution in [2.75, 3.05) is 19.4 Å². The lowest BCUT2D eigenvalue weighted by Crippen LogP contribution is -2.44. The van der Waals surface area contributed by atoms with Gasteiger partial charge in [-0.1, -0.05) is 25.4 Å². The lowest BCUT2D eigenvalue weighted by Gasteiger charge is -2.21. The van der Waals surface area contributed by atoms with Gasteiger partial charge in [0, 0.05) is 18.8 Å². The maximum Gasteiger partial charge on any atom is 0.407 e. The second-order valence-electron chi connectivity index (χ2n) is 6.32. The molecule has 146 valence electrons. The standard InChI is InChI=1S/C17H25ClN2O5S/c1-5-25-17(22)20-12(8-11(2)3)10-19-16(21)14-9-13(26(4,23)24)6-7-15(14)18/h6-7,9,11-12H,5,8,10H2,1-4H3,(H,19,21)(H,20,22). The van der Waals surface area contributed by atoms with E-state index in [0.29, 0.717) is 6.42 Å². The van der Waals surface area contributed by atoms with Crippen molar-refractivity contribution in [2.24, 2.45) is 5.92 Å². The molecule has 0 heterocycles. The average molecular weight is 405 g/mol. The molecular formula is C17H25ClN2O5S. The van der Waals surface area contributed by atoms with Crippen LogP contribution < -0.4 is 10.6 Å². The normalized spacial score (nSPS) is 12.5. The number of hydrogen-bond donors (Lipinski definition) is 2. The summed E-state index contributed by atoms with van der Waals surface area (Å²) in [7, 11) is -3.46. The van der Waals surface area contributed by atoms with Gasteiger partial charge in [-0.3, -0.25) is 4.79 Å². The molecule has 0 fully saturated rings. The summed E-state index contributed by atoms with van der Waals surface area (Å²) in [6.45, 7) is 6.10. The minimum Gasteiger partial charge on any atom is -0.450 e. The van der Waals surface area contributed by atoms with Gasteiger partial charge in [0.05, 0.1) is 22.1 Å². The van der Waals surface area contributed by atoms with Gasteiger partial charge in [0.2, 0.25) is 0 Å². The third-order valence-corrected chi connectivity index (χ3v) is 4.91. The summed E-state index contributed by atoms with van der Waals surface area (Å²) in [6.07, 6.45) is 1.14. The Morgan fingerprint density at radius 2 is 1.92 bits per heavy atom. The fourth-order valence-corrected chi connectivity index (χ4v) is 3.17. The van der Waals surface area contributed by atoms with Crippen LogP contribution in [0.1, 0.15) is 37.6 Å². The van der Waals surface area contributed by atoms with Gasteiger partial charge in [0.15, 0.2) is 9.84 Å². The molecule has 0 aliphatic carbocycles. The van der Waals surface area contributed by atoms with Crippen molar-refractivity contribution in [3.8, 4) is 0 Å². The van der Waals surface area contributed by atoms with E-state index in [2.05, 4.69) is 10.6 Å². The molecule has 0 aliphatic rings. The predicted molar refractivity (Wildman–Crippen MR) is 100 cm³/mol. The molecule has 0 radical (unpaired) electrons. The average Bonchev–Trinajstić information content (AvgIpc) is 2.51. The van der Waals surface area contributed by atoms with Crippen LogP contribution in [0.5, 0.6) is 0 Å². The second kappa shape index (κ2) is 9.78. The number of benzene rings is 1. The van der Waals surface area contributed by atoms with Crippen LogP contribution in [0, 0.1) is 5.92 Å². The molecule has 0 aromatic heterocycles. The first kappa shape index (κ1) is 22.2. The molecule has 1 aromatic carbocycles. The van der Waals surface area contributed by atoms with E-state index in [1.54, 1.807) is 6.92 Å². The first-order chi connectivity index (χ1) is 12.0. The molecule has 0 aliphatic heterocycles. The minimum atomic E-state index is -3.46. The Morgan fingerprint density at radius 3 is 2.46 bits per heavy atom. The van der Waals surface area contributed by atoms with Crippen molar-refractivity contribution < 1.29 is 22.7 Å². The summed E-state index contributed by atoms with van der Waals surface area (Å²) in [4.78, 5) is 24.0. The zero-order valence-corrected chi connectivity index (χ0v) is 16.9. The summed E-state index contributed by atoms with van der Waals surface area (Å²) in [6, 6.07) is 3.63. The highest BCUT2D eigenvalue weighted by Crippen LogP contribution is 2.20. The Labute approximate surface area is 159 Å². The molecule has 1 unspecified atom stereocenters. The fraction of sp³-hybridized carbons (Fsp3) is 0.529. The number of sulfone groups is 1. The minimum absolute atomic E-state index is 0.00966. The molecule has 1 atom stereocenters. The number of ether oxygens (including phenoxy) is 1. The summed E-state index contributed by atoms with van der Waals surface area (Å²) in [5.74, 6) is -0.226. The van der Waals surface area contributed by atoms with Gasteiger partial charge in [-0.25, -0.2) is 13.2 Å². The molecule has 0 saturated heterocycles. The number of nitrogens with one attached hydrogen (secondary N) is 2. The Morgan fingerprint density at radius 1 is 1.27 bits per heavy atom. The monoisotopic (exact) mass is 404 g/mol. The first-order valence-electron chi connectivity index (χ1n) is 8.25. The Kier molecular flexibility index (Phi) is 8.36.